The van der Waals surface area contributed by atoms with Crippen LogP contribution >= 0.6 is 0 Å². The first kappa shape index (κ1) is 20.5. The van der Waals surface area contributed by atoms with Gasteiger partial charge in [-0.2, -0.15) is 0 Å². The third kappa shape index (κ3) is 3.81. The second-order valence-electron chi connectivity index (χ2n) is 9.66. The van der Waals surface area contributed by atoms with Crippen molar-refractivity contribution in [3.05, 3.63) is 0 Å². The number of hydrogen-bond acceptors (Lipinski definition) is 4. The summed E-state index contributed by atoms with van der Waals surface area (Å²) in [6, 6.07) is -1.68. The van der Waals surface area contributed by atoms with E-state index in [1.807, 2.05) is 48.5 Å². The number of ether oxygens (including phenoxy) is 1. The molecule has 0 radical (unpaired) electrons. The van der Waals surface area contributed by atoms with Crippen LogP contribution in [0.25, 0.3) is 0 Å². The van der Waals surface area contributed by atoms with Crippen molar-refractivity contribution in [2.75, 3.05) is 13.2 Å². The summed E-state index contributed by atoms with van der Waals surface area (Å²) in [5.74, 6) is -0.978. The Labute approximate surface area is 155 Å². The number of amides is 2. The van der Waals surface area contributed by atoms with Gasteiger partial charge in [-0.3, -0.25) is 4.79 Å². The highest BCUT2D eigenvalue weighted by Gasteiger charge is 2.70. The van der Waals surface area contributed by atoms with E-state index in [1.165, 1.54) is 4.90 Å². The minimum Gasteiger partial charge on any atom is -0.480 e. The number of nitrogens with one attached hydrogen (secondary N) is 1. The number of fused-ring (bicyclic) bond motifs is 1. The molecule has 148 valence electrons. The van der Waals surface area contributed by atoms with Crippen LogP contribution in [0.1, 0.15) is 48.5 Å². The van der Waals surface area contributed by atoms with Crippen LogP contribution in [0.15, 0.2) is 0 Å². The quantitative estimate of drug-likeness (QED) is 0.776. The summed E-state index contributed by atoms with van der Waals surface area (Å²) in [5.41, 5.74) is -0.625. The van der Waals surface area contributed by atoms with Gasteiger partial charge in [-0.05, 0) is 22.7 Å². The number of piperidine rings is 1. The summed E-state index contributed by atoms with van der Waals surface area (Å²) in [5, 5.41) is 12.3. The molecule has 7 nitrogen and oxygen atoms in total. The Hall–Kier alpha value is -1.79. The van der Waals surface area contributed by atoms with E-state index in [4.69, 9.17) is 4.74 Å². The SMILES string of the molecule is CC(C)COC(=O)N[C@H](C(=O)N1C[C@H]2[C@@H]([C@H]1C(=O)O)C2(C)C)C(C)(C)C. The second kappa shape index (κ2) is 6.74. The average molecular weight is 368 g/mol. The van der Waals surface area contributed by atoms with Gasteiger partial charge in [-0.15, -0.1) is 0 Å². The smallest absolute Gasteiger partial charge is 0.407 e. The molecule has 0 aromatic heterocycles. The van der Waals surface area contributed by atoms with E-state index in [2.05, 4.69) is 5.32 Å². The van der Waals surface area contributed by atoms with Gasteiger partial charge >= 0.3 is 12.1 Å². The van der Waals surface area contributed by atoms with Crippen molar-refractivity contribution in [1.29, 1.82) is 0 Å². The Bertz CT molecular complexity index is 593. The van der Waals surface area contributed by atoms with Crippen molar-refractivity contribution < 1.29 is 24.2 Å². The number of carbonyl (C=O) groups excluding carboxylic acids is 2. The lowest BCUT2D eigenvalue weighted by Gasteiger charge is -2.36. The number of aliphatic carboxylic acids is 1. The molecule has 1 saturated carbocycles. The van der Waals surface area contributed by atoms with Gasteiger partial charge in [-0.25, -0.2) is 9.59 Å². The maximum absolute atomic E-state index is 13.2. The molecule has 2 rings (SSSR count). The molecule has 0 aromatic rings. The lowest BCUT2D eigenvalue weighted by atomic mass is 9.85. The standard InChI is InChI=1S/C19H32N2O5/c1-10(2)9-26-17(25)20-14(18(3,4)5)15(22)21-8-11-12(19(11,6)7)13(21)16(23)24/h10-14H,8-9H2,1-7H3,(H,20,25)(H,23,24)/t11-,12-,13-,14+/m0/s1. The number of nitrogens with zero attached hydrogens (tertiary/aromatic N) is 1. The van der Waals surface area contributed by atoms with Gasteiger partial charge in [-0.1, -0.05) is 48.5 Å². The first-order valence-electron chi connectivity index (χ1n) is 9.25. The maximum atomic E-state index is 13.2. The van der Waals surface area contributed by atoms with Crippen LogP contribution in [-0.2, 0) is 14.3 Å². The Morgan fingerprint density at radius 3 is 2.31 bits per heavy atom. The van der Waals surface area contributed by atoms with Crippen molar-refractivity contribution in [3.8, 4) is 0 Å². The summed E-state index contributed by atoms with van der Waals surface area (Å²) in [6.07, 6.45) is -0.650. The molecule has 2 N–H and O–H groups in total. The molecule has 1 heterocycles. The molecule has 2 aliphatic rings. The zero-order chi connectivity index (χ0) is 20.0. The van der Waals surface area contributed by atoms with Gasteiger partial charge in [0.1, 0.15) is 12.1 Å². The number of carboxylic acid groups (broad SMARTS) is 1. The Kier molecular flexibility index (Phi) is 5.32. The molecule has 0 aromatic carbocycles. The highest BCUT2D eigenvalue weighted by atomic mass is 16.5. The predicted octanol–water partition coefficient (Wildman–Crippen LogP) is 2.35. The lowest BCUT2D eigenvalue weighted by molar-refractivity contribution is -0.152. The van der Waals surface area contributed by atoms with E-state index < -0.39 is 29.6 Å². The van der Waals surface area contributed by atoms with Crippen molar-refractivity contribution in [2.45, 2.75) is 60.5 Å². The maximum Gasteiger partial charge on any atom is 0.407 e. The summed E-state index contributed by atoms with van der Waals surface area (Å²) in [6.45, 7) is 14.1. The normalized spacial score (nSPS) is 27.7. The molecule has 7 heteroatoms. The fourth-order valence-corrected chi connectivity index (χ4v) is 4.01. The molecule has 0 bridgehead atoms. The number of alkyl carbamates (subject to hydrolysis) is 1. The zero-order valence-electron chi connectivity index (χ0n) is 16.8. The molecule has 4 atom stereocenters. The van der Waals surface area contributed by atoms with Gasteiger partial charge in [0.25, 0.3) is 0 Å². The van der Waals surface area contributed by atoms with Crippen LogP contribution in [-0.4, -0.2) is 53.2 Å². The van der Waals surface area contributed by atoms with Gasteiger partial charge in [0, 0.05) is 12.5 Å². The van der Waals surface area contributed by atoms with Gasteiger partial charge in [0.2, 0.25) is 5.91 Å². The number of carbonyl (C=O) groups is 3. The van der Waals surface area contributed by atoms with Gasteiger partial charge < -0.3 is 20.1 Å². The Balaban J connectivity index is 2.15. The van der Waals surface area contributed by atoms with E-state index in [-0.39, 0.29) is 35.7 Å². The van der Waals surface area contributed by atoms with Crippen molar-refractivity contribution in [3.63, 3.8) is 0 Å². The predicted molar refractivity (Wildman–Crippen MR) is 96.5 cm³/mol. The topological polar surface area (TPSA) is 95.9 Å². The number of carboxylic acids is 1. The minimum atomic E-state index is -0.980. The number of rotatable bonds is 5. The van der Waals surface area contributed by atoms with Crippen molar-refractivity contribution in [1.82, 2.24) is 10.2 Å². The molecule has 1 saturated heterocycles. The fourth-order valence-electron chi connectivity index (χ4n) is 4.01. The van der Waals surface area contributed by atoms with Crippen LogP contribution in [0, 0.1) is 28.6 Å². The monoisotopic (exact) mass is 368 g/mol. The van der Waals surface area contributed by atoms with Crippen molar-refractivity contribution in [2.24, 2.45) is 28.6 Å². The van der Waals surface area contributed by atoms with Crippen molar-refractivity contribution >= 4 is 18.0 Å². The first-order valence-corrected chi connectivity index (χ1v) is 9.25. The third-order valence-corrected chi connectivity index (χ3v) is 5.67. The number of likely N-dealkylation sites (tertiary alicyclic amines) is 1. The van der Waals surface area contributed by atoms with E-state index in [9.17, 15) is 19.5 Å². The highest BCUT2D eigenvalue weighted by molar-refractivity contribution is 5.91. The molecule has 1 aliphatic carbocycles. The van der Waals surface area contributed by atoms with Crippen LogP contribution in [0.3, 0.4) is 0 Å². The molecule has 2 fully saturated rings. The highest BCUT2D eigenvalue weighted by Crippen LogP contribution is 2.64. The molecular weight excluding hydrogens is 336 g/mol. The van der Waals surface area contributed by atoms with Gasteiger partial charge in [0.05, 0.1) is 6.61 Å². The third-order valence-electron chi connectivity index (χ3n) is 5.67. The minimum absolute atomic E-state index is 0.0301. The Morgan fingerprint density at radius 1 is 1.27 bits per heavy atom. The van der Waals surface area contributed by atoms with E-state index in [1.54, 1.807) is 0 Å². The van der Waals surface area contributed by atoms with Crippen LogP contribution in [0.5, 0.6) is 0 Å². The second-order valence-corrected chi connectivity index (χ2v) is 9.66. The Morgan fingerprint density at radius 2 is 1.85 bits per heavy atom. The number of hydrogen-bond donors (Lipinski definition) is 2. The average Bonchev–Trinajstić information content (AvgIpc) is 2.86. The van der Waals surface area contributed by atoms with E-state index in [0.29, 0.717) is 6.54 Å². The molecule has 26 heavy (non-hydrogen) atoms. The largest absolute Gasteiger partial charge is 0.480 e. The summed E-state index contributed by atoms with van der Waals surface area (Å²) >= 11 is 0. The molecule has 1 aliphatic heterocycles. The first-order chi connectivity index (χ1) is 11.8. The van der Waals surface area contributed by atoms with Crippen LogP contribution in [0.4, 0.5) is 4.79 Å². The molecule has 0 spiro atoms. The molecular formula is C19H32N2O5. The van der Waals surface area contributed by atoms with E-state index >= 15 is 0 Å². The zero-order valence-corrected chi connectivity index (χ0v) is 16.8. The van der Waals surface area contributed by atoms with E-state index in [0.717, 1.165) is 0 Å². The summed E-state index contributed by atoms with van der Waals surface area (Å²) in [7, 11) is 0. The fraction of sp³-hybridized carbons (Fsp3) is 0.842. The molecule has 0 unspecified atom stereocenters. The lowest BCUT2D eigenvalue weighted by Crippen LogP contribution is -2.58. The van der Waals surface area contributed by atoms with Crippen LogP contribution < -0.4 is 5.32 Å². The van der Waals surface area contributed by atoms with Gasteiger partial charge in [0.15, 0.2) is 0 Å². The van der Waals surface area contributed by atoms with Crippen LogP contribution in [0.2, 0.25) is 0 Å². The summed E-state index contributed by atoms with van der Waals surface area (Å²) in [4.78, 5) is 38.5. The summed E-state index contributed by atoms with van der Waals surface area (Å²) < 4.78 is 5.14. The molecule has 2 amide bonds.